The van der Waals surface area contributed by atoms with Gasteiger partial charge in [0.1, 0.15) is 13.1 Å². The molecule has 0 saturated carbocycles. The molecule has 2 amide bonds. The van der Waals surface area contributed by atoms with Crippen molar-refractivity contribution in [3.05, 3.63) is 45.0 Å². The predicted octanol–water partition coefficient (Wildman–Crippen LogP) is 3.93. The average Bonchev–Trinajstić information content (AvgIpc) is 3.32. The van der Waals surface area contributed by atoms with Gasteiger partial charge in [-0.15, -0.1) is 0 Å². The van der Waals surface area contributed by atoms with E-state index >= 15 is 0 Å². The third kappa shape index (κ3) is 5.41. The Hall–Kier alpha value is -3.01. The van der Waals surface area contributed by atoms with Gasteiger partial charge in [0.15, 0.2) is 5.78 Å². The summed E-state index contributed by atoms with van der Waals surface area (Å²) in [5.41, 5.74) is 4.27. The summed E-state index contributed by atoms with van der Waals surface area (Å²) >= 11 is 6.44. The first kappa shape index (κ1) is 26.6. The minimum Gasteiger partial charge on any atom is -0.343 e. The molecular weight excluding hydrogens is 521 g/mol. The number of piperidine rings is 1. The Morgan fingerprint density at radius 2 is 1.89 bits per heavy atom. The second kappa shape index (κ2) is 10.3. The van der Waals surface area contributed by atoms with Crippen LogP contribution < -0.4 is 0 Å². The van der Waals surface area contributed by atoms with Crippen LogP contribution in [0.25, 0.3) is 0 Å². The van der Waals surface area contributed by atoms with E-state index in [1.165, 1.54) is 0 Å². The molecule has 1 saturated heterocycles. The van der Waals surface area contributed by atoms with Crippen LogP contribution in [0.1, 0.15) is 48.4 Å². The molecule has 7 nitrogen and oxygen atoms in total. The Labute approximate surface area is 223 Å². The van der Waals surface area contributed by atoms with Crippen LogP contribution in [0.2, 0.25) is 5.02 Å². The molecule has 0 bridgehead atoms. The summed E-state index contributed by atoms with van der Waals surface area (Å²) in [6.45, 7) is 1.59. The molecule has 38 heavy (non-hydrogen) atoms. The molecular formula is C27H28ClF3N4O3. The summed E-state index contributed by atoms with van der Waals surface area (Å²) in [5, 5.41) is 0.465. The van der Waals surface area contributed by atoms with Crippen LogP contribution in [0.4, 0.5) is 13.2 Å². The molecule has 0 radical (unpaired) electrons. The first-order valence-electron chi connectivity index (χ1n) is 12.7. The highest BCUT2D eigenvalue weighted by atomic mass is 35.5. The predicted molar refractivity (Wildman–Crippen MR) is 136 cm³/mol. The Balaban J connectivity index is 1.33. The number of allylic oxidation sites excluding steroid dienone is 1. The highest BCUT2D eigenvalue weighted by molar-refractivity contribution is 6.32. The molecule has 11 heteroatoms. The summed E-state index contributed by atoms with van der Waals surface area (Å²) in [6.07, 6.45) is 0.00942. The molecule has 4 aliphatic heterocycles. The molecule has 1 aromatic carbocycles. The normalized spacial score (nSPS) is 22.2. The van der Waals surface area contributed by atoms with Crippen molar-refractivity contribution in [2.75, 3.05) is 26.2 Å². The van der Waals surface area contributed by atoms with Gasteiger partial charge in [0, 0.05) is 59.7 Å². The smallest absolute Gasteiger partial charge is 0.343 e. The number of Topliss-reactive ketones (excluding diaryl/α,β-unsaturated/α-hetero) is 1. The van der Waals surface area contributed by atoms with E-state index in [1.54, 1.807) is 17.2 Å². The van der Waals surface area contributed by atoms with E-state index in [2.05, 4.69) is 9.98 Å². The molecule has 4 heterocycles. The lowest BCUT2D eigenvalue weighted by Crippen LogP contribution is -2.44. The number of rotatable bonds is 4. The van der Waals surface area contributed by atoms with Crippen molar-refractivity contribution < 1.29 is 27.6 Å². The number of hydrogen-bond acceptors (Lipinski definition) is 5. The quantitative estimate of drug-likeness (QED) is 0.571. The zero-order valence-electron chi connectivity index (χ0n) is 21.0. The molecule has 5 rings (SSSR count). The number of halogens is 4. The van der Waals surface area contributed by atoms with Crippen molar-refractivity contribution in [2.45, 2.75) is 51.9 Å². The van der Waals surface area contributed by atoms with Crippen LogP contribution in [0.3, 0.4) is 0 Å². The highest BCUT2D eigenvalue weighted by Crippen LogP contribution is 2.36. The van der Waals surface area contributed by atoms with Crippen LogP contribution >= 0.6 is 11.6 Å². The third-order valence-corrected chi connectivity index (χ3v) is 8.15. The number of fused-ring (bicyclic) bond motifs is 3. The molecule has 1 unspecified atom stereocenters. The number of carbonyl (C=O) groups is 3. The lowest BCUT2D eigenvalue weighted by atomic mass is 9.84. The van der Waals surface area contributed by atoms with Crippen molar-refractivity contribution in [2.24, 2.45) is 21.8 Å². The van der Waals surface area contributed by atoms with Gasteiger partial charge in [0.25, 0.3) is 0 Å². The number of aliphatic imine (C=N–C) groups is 2. The minimum atomic E-state index is -4.57. The molecule has 0 aliphatic carbocycles. The van der Waals surface area contributed by atoms with Gasteiger partial charge in [-0.1, -0.05) is 11.6 Å². The number of amides is 2. The minimum absolute atomic E-state index is 0.00282. The molecule has 0 N–H and O–H groups in total. The summed E-state index contributed by atoms with van der Waals surface area (Å²) in [5.74, 6) is -1.85. The van der Waals surface area contributed by atoms with Crippen LogP contribution in [-0.2, 0) is 33.9 Å². The van der Waals surface area contributed by atoms with E-state index in [-0.39, 0.29) is 43.5 Å². The number of hydrogen-bond donors (Lipinski definition) is 0. The molecule has 0 spiro atoms. The number of dihydropyridines is 1. The van der Waals surface area contributed by atoms with Crippen molar-refractivity contribution in [1.29, 1.82) is 0 Å². The monoisotopic (exact) mass is 548 g/mol. The molecule has 1 atom stereocenters. The average molecular weight is 549 g/mol. The Bertz CT molecular complexity index is 1280. The van der Waals surface area contributed by atoms with Gasteiger partial charge in [-0.2, -0.15) is 13.2 Å². The maximum atomic E-state index is 13.4. The second-order valence-corrected chi connectivity index (χ2v) is 10.8. The van der Waals surface area contributed by atoms with Crippen molar-refractivity contribution >= 4 is 41.1 Å². The van der Waals surface area contributed by atoms with E-state index in [1.807, 2.05) is 13.0 Å². The Kier molecular flexibility index (Phi) is 7.19. The van der Waals surface area contributed by atoms with Gasteiger partial charge in [-0.3, -0.25) is 24.4 Å². The largest absolute Gasteiger partial charge is 0.406 e. The molecule has 1 fully saturated rings. The number of benzene rings is 1. The molecule has 0 aromatic heterocycles. The SMILES string of the molecule is CC1=NCC(=O)C(C2CCN(C(=O)CC3Cc4cc(Cl)c5c(c4CN(CC(F)(F)F)C3=O)C=NC5)CC2)=C1. The van der Waals surface area contributed by atoms with Crippen LogP contribution in [0.15, 0.2) is 27.7 Å². The van der Waals surface area contributed by atoms with Crippen LogP contribution in [0, 0.1) is 11.8 Å². The number of alkyl halides is 3. The Morgan fingerprint density at radius 1 is 1.16 bits per heavy atom. The topological polar surface area (TPSA) is 82.4 Å². The van der Waals surface area contributed by atoms with Crippen LogP contribution in [0.5, 0.6) is 0 Å². The van der Waals surface area contributed by atoms with Gasteiger partial charge in [-0.25, -0.2) is 0 Å². The summed E-state index contributed by atoms with van der Waals surface area (Å²) < 4.78 is 40.3. The number of carbonyl (C=O) groups excluding carboxylic acids is 3. The van der Waals surface area contributed by atoms with E-state index < -0.39 is 24.5 Å². The summed E-state index contributed by atoms with van der Waals surface area (Å²) in [7, 11) is 0. The maximum Gasteiger partial charge on any atom is 0.406 e. The molecule has 4 aliphatic rings. The second-order valence-electron chi connectivity index (χ2n) is 10.4. The fraction of sp³-hybridized carbons (Fsp3) is 0.519. The van der Waals surface area contributed by atoms with Crippen molar-refractivity contribution in [3.8, 4) is 0 Å². The van der Waals surface area contributed by atoms with E-state index in [4.69, 9.17) is 11.6 Å². The van der Waals surface area contributed by atoms with Gasteiger partial charge in [0.2, 0.25) is 11.8 Å². The van der Waals surface area contributed by atoms with Gasteiger partial charge >= 0.3 is 6.18 Å². The lowest BCUT2D eigenvalue weighted by Gasteiger charge is -2.34. The number of ketones is 1. The van der Waals surface area contributed by atoms with Gasteiger partial charge < -0.3 is 9.80 Å². The maximum absolute atomic E-state index is 13.4. The lowest BCUT2D eigenvalue weighted by molar-refractivity contribution is -0.165. The Morgan fingerprint density at radius 3 is 2.61 bits per heavy atom. The van der Waals surface area contributed by atoms with E-state index in [0.717, 1.165) is 21.7 Å². The van der Waals surface area contributed by atoms with E-state index in [9.17, 15) is 27.6 Å². The van der Waals surface area contributed by atoms with Crippen LogP contribution in [-0.4, -0.2) is 71.7 Å². The molecule has 1 aromatic rings. The summed E-state index contributed by atoms with van der Waals surface area (Å²) in [6, 6.07) is 1.71. The summed E-state index contributed by atoms with van der Waals surface area (Å²) in [4.78, 5) is 49.8. The zero-order valence-corrected chi connectivity index (χ0v) is 21.7. The zero-order chi connectivity index (χ0) is 27.2. The standard InChI is InChI=1S/C27H28ClF3N4O3/c1-15-6-19(24(36)12-33-15)16-2-4-34(5-3-16)25(37)9-18-7-17-8-23(28)21-11-32-10-20(21)22(17)13-35(26(18)38)14-27(29,30)31/h6,8,10,16,18H,2-5,7,9,11-14H2,1H3. The first-order chi connectivity index (χ1) is 18.0. The first-order valence-corrected chi connectivity index (χ1v) is 13.1. The van der Waals surface area contributed by atoms with Crippen molar-refractivity contribution in [3.63, 3.8) is 0 Å². The third-order valence-electron chi connectivity index (χ3n) is 7.81. The van der Waals surface area contributed by atoms with Crippen molar-refractivity contribution in [1.82, 2.24) is 9.80 Å². The van der Waals surface area contributed by atoms with Gasteiger partial charge in [0.05, 0.1) is 12.5 Å². The van der Waals surface area contributed by atoms with E-state index in [0.29, 0.717) is 54.2 Å². The number of likely N-dealkylation sites (tertiary alicyclic amines) is 1. The fourth-order valence-electron chi connectivity index (χ4n) is 5.88. The molecule has 202 valence electrons. The van der Waals surface area contributed by atoms with Gasteiger partial charge in [-0.05, 0) is 55.4 Å². The fourth-order valence-corrected chi connectivity index (χ4v) is 6.17. The highest BCUT2D eigenvalue weighted by Gasteiger charge is 2.40. The number of nitrogens with zero attached hydrogens (tertiary/aromatic N) is 4.